The first kappa shape index (κ1) is 15.1. The van der Waals surface area contributed by atoms with E-state index in [0.29, 0.717) is 22.2 Å². The highest BCUT2D eigenvalue weighted by Crippen LogP contribution is 2.34. The molecular formula is C14H14ClN3O3. The van der Waals surface area contributed by atoms with Crippen LogP contribution in [0.25, 0.3) is 0 Å². The Morgan fingerprint density at radius 1 is 1.19 bits per heavy atom. The molecule has 2 aromatic carbocycles. The van der Waals surface area contributed by atoms with E-state index in [1.54, 1.807) is 18.2 Å². The molecule has 3 N–H and O–H groups in total. The van der Waals surface area contributed by atoms with Crippen molar-refractivity contribution in [2.75, 3.05) is 5.43 Å². The number of halogens is 1. The Hall–Kier alpha value is -2.31. The Kier molecular flexibility index (Phi) is 4.30. The van der Waals surface area contributed by atoms with Gasteiger partial charge in [0.05, 0.1) is 16.7 Å². The monoisotopic (exact) mass is 307 g/mol. The molecular weight excluding hydrogens is 294 g/mol. The van der Waals surface area contributed by atoms with Crippen LogP contribution in [-0.2, 0) is 0 Å². The lowest BCUT2D eigenvalue weighted by Gasteiger charge is -2.13. The van der Waals surface area contributed by atoms with Gasteiger partial charge in [-0.1, -0.05) is 11.6 Å². The Bertz CT molecular complexity index is 681. The number of nitrogens with zero attached hydrogens (tertiary/aromatic N) is 1. The van der Waals surface area contributed by atoms with Crippen molar-refractivity contribution in [3.8, 4) is 11.5 Å². The van der Waals surface area contributed by atoms with Crippen LogP contribution in [0, 0.1) is 24.0 Å². The number of hydrogen-bond acceptors (Lipinski definition) is 5. The lowest BCUT2D eigenvalue weighted by Crippen LogP contribution is -2.07. The average molecular weight is 308 g/mol. The summed E-state index contributed by atoms with van der Waals surface area (Å²) in [6, 6.07) is 7.79. The molecule has 21 heavy (non-hydrogen) atoms. The molecule has 0 amide bonds. The second kappa shape index (κ2) is 5.99. The van der Waals surface area contributed by atoms with Crippen LogP contribution in [0.15, 0.2) is 30.3 Å². The number of anilines is 1. The average Bonchev–Trinajstić information content (AvgIpc) is 2.42. The lowest BCUT2D eigenvalue weighted by atomic mass is 10.1. The smallest absolute Gasteiger partial charge is 0.275 e. The normalized spacial score (nSPS) is 10.3. The number of nitro benzene ring substituents is 1. The van der Waals surface area contributed by atoms with Gasteiger partial charge >= 0.3 is 0 Å². The number of rotatable bonds is 4. The molecule has 110 valence electrons. The minimum atomic E-state index is -0.505. The molecule has 0 unspecified atom stereocenters. The van der Waals surface area contributed by atoms with Crippen LogP contribution >= 0.6 is 11.6 Å². The van der Waals surface area contributed by atoms with Crippen molar-refractivity contribution in [3.05, 3.63) is 56.6 Å². The van der Waals surface area contributed by atoms with Gasteiger partial charge in [0.15, 0.2) is 0 Å². The topological polar surface area (TPSA) is 90.4 Å². The fourth-order valence-corrected chi connectivity index (χ4v) is 2.33. The molecule has 0 saturated heterocycles. The van der Waals surface area contributed by atoms with Crippen LogP contribution in [0.4, 0.5) is 11.4 Å². The van der Waals surface area contributed by atoms with Crippen molar-refractivity contribution in [2.45, 2.75) is 13.8 Å². The summed E-state index contributed by atoms with van der Waals surface area (Å²) < 4.78 is 5.77. The summed E-state index contributed by atoms with van der Waals surface area (Å²) in [5.41, 5.74) is 4.35. The minimum absolute atomic E-state index is 0.107. The Morgan fingerprint density at radius 3 is 2.33 bits per heavy atom. The third kappa shape index (κ3) is 3.42. The van der Waals surface area contributed by atoms with Gasteiger partial charge in [-0.2, -0.15) is 0 Å². The highest BCUT2D eigenvalue weighted by Gasteiger charge is 2.13. The SMILES string of the molecule is Cc1cc(Cl)cc(C)c1Oc1cc(NN)cc([N+](=O)[O-])c1. The summed E-state index contributed by atoms with van der Waals surface area (Å²) in [5.74, 6) is 6.25. The number of ether oxygens (including phenoxy) is 1. The molecule has 0 fully saturated rings. The zero-order chi connectivity index (χ0) is 15.6. The third-order valence-corrected chi connectivity index (χ3v) is 3.13. The minimum Gasteiger partial charge on any atom is -0.456 e. The summed E-state index contributed by atoms with van der Waals surface area (Å²) >= 11 is 5.97. The van der Waals surface area contributed by atoms with E-state index in [0.717, 1.165) is 11.1 Å². The van der Waals surface area contributed by atoms with E-state index >= 15 is 0 Å². The number of nitrogens with one attached hydrogen (secondary N) is 1. The van der Waals surface area contributed by atoms with Crippen LogP contribution in [-0.4, -0.2) is 4.92 Å². The second-order valence-electron chi connectivity index (χ2n) is 4.59. The van der Waals surface area contributed by atoms with E-state index < -0.39 is 4.92 Å². The molecule has 2 rings (SSSR count). The van der Waals surface area contributed by atoms with Gasteiger partial charge in [-0.15, -0.1) is 0 Å². The van der Waals surface area contributed by atoms with E-state index in [1.165, 1.54) is 12.1 Å². The maximum Gasteiger partial charge on any atom is 0.275 e. The quantitative estimate of drug-likeness (QED) is 0.507. The fourth-order valence-electron chi connectivity index (χ4n) is 2.01. The number of nitrogens with two attached hydrogens (primary N) is 1. The van der Waals surface area contributed by atoms with E-state index in [4.69, 9.17) is 22.2 Å². The summed E-state index contributed by atoms with van der Waals surface area (Å²) in [5, 5.41) is 11.5. The van der Waals surface area contributed by atoms with Crippen molar-refractivity contribution in [3.63, 3.8) is 0 Å². The highest BCUT2D eigenvalue weighted by atomic mass is 35.5. The molecule has 2 aromatic rings. The molecule has 0 atom stereocenters. The fraction of sp³-hybridized carbons (Fsp3) is 0.143. The number of non-ortho nitro benzene ring substituents is 1. The number of hydrazine groups is 1. The first-order valence-electron chi connectivity index (χ1n) is 6.11. The van der Waals surface area contributed by atoms with Crippen molar-refractivity contribution in [2.24, 2.45) is 5.84 Å². The van der Waals surface area contributed by atoms with Crippen molar-refractivity contribution in [1.82, 2.24) is 0 Å². The Balaban J connectivity index is 2.44. The first-order valence-corrected chi connectivity index (χ1v) is 6.49. The van der Waals surface area contributed by atoms with Crippen molar-refractivity contribution >= 4 is 23.0 Å². The van der Waals surface area contributed by atoms with E-state index in [-0.39, 0.29) is 5.69 Å². The molecule has 0 heterocycles. The standard InChI is InChI=1S/C14H14ClN3O3/c1-8-3-10(15)4-9(2)14(8)21-13-6-11(17-16)5-12(7-13)18(19)20/h3-7,17H,16H2,1-2H3. The molecule has 0 aliphatic carbocycles. The molecule has 0 aliphatic heterocycles. The van der Waals surface area contributed by atoms with Gasteiger partial charge in [0.2, 0.25) is 0 Å². The van der Waals surface area contributed by atoms with Gasteiger partial charge in [-0.25, -0.2) is 0 Å². The van der Waals surface area contributed by atoms with E-state index in [1.807, 2.05) is 13.8 Å². The van der Waals surface area contributed by atoms with Crippen molar-refractivity contribution in [1.29, 1.82) is 0 Å². The first-order chi connectivity index (χ1) is 9.90. The number of hydrogen-bond donors (Lipinski definition) is 2. The summed E-state index contributed by atoms with van der Waals surface area (Å²) in [7, 11) is 0. The molecule has 0 saturated carbocycles. The van der Waals surface area contributed by atoms with Crippen LogP contribution in [0.3, 0.4) is 0 Å². The molecule has 0 bridgehead atoms. The maximum absolute atomic E-state index is 10.9. The molecule has 6 nitrogen and oxygen atoms in total. The van der Waals surface area contributed by atoms with Gasteiger partial charge in [0, 0.05) is 17.2 Å². The largest absolute Gasteiger partial charge is 0.456 e. The predicted molar refractivity (Wildman–Crippen MR) is 81.9 cm³/mol. The van der Waals surface area contributed by atoms with Gasteiger partial charge in [0.25, 0.3) is 5.69 Å². The highest BCUT2D eigenvalue weighted by molar-refractivity contribution is 6.30. The number of nitro groups is 1. The molecule has 0 aliphatic rings. The van der Waals surface area contributed by atoms with Crippen molar-refractivity contribution < 1.29 is 9.66 Å². The van der Waals surface area contributed by atoms with Crippen LogP contribution < -0.4 is 16.0 Å². The summed E-state index contributed by atoms with van der Waals surface area (Å²) in [6.45, 7) is 3.71. The summed E-state index contributed by atoms with van der Waals surface area (Å²) in [6.07, 6.45) is 0. The molecule has 0 radical (unpaired) electrons. The zero-order valence-electron chi connectivity index (χ0n) is 11.5. The van der Waals surface area contributed by atoms with E-state index in [9.17, 15) is 10.1 Å². The Labute approximate surface area is 126 Å². The van der Waals surface area contributed by atoms with Gasteiger partial charge < -0.3 is 10.2 Å². The van der Waals surface area contributed by atoms with Gasteiger partial charge in [-0.05, 0) is 37.1 Å². The number of benzene rings is 2. The second-order valence-corrected chi connectivity index (χ2v) is 5.02. The van der Waals surface area contributed by atoms with Crippen LogP contribution in [0.2, 0.25) is 5.02 Å². The van der Waals surface area contributed by atoms with Crippen LogP contribution in [0.5, 0.6) is 11.5 Å². The van der Waals surface area contributed by atoms with Gasteiger partial charge in [-0.3, -0.25) is 16.0 Å². The van der Waals surface area contributed by atoms with Crippen LogP contribution in [0.1, 0.15) is 11.1 Å². The molecule has 0 spiro atoms. The summed E-state index contributed by atoms with van der Waals surface area (Å²) in [4.78, 5) is 10.4. The van der Waals surface area contributed by atoms with E-state index in [2.05, 4.69) is 5.43 Å². The lowest BCUT2D eigenvalue weighted by molar-refractivity contribution is -0.384. The predicted octanol–water partition coefficient (Wildman–Crippen LogP) is 3.94. The number of nitrogen functional groups attached to an aromatic ring is 1. The molecule has 0 aromatic heterocycles. The molecule has 7 heteroatoms. The maximum atomic E-state index is 10.9. The third-order valence-electron chi connectivity index (χ3n) is 2.91. The zero-order valence-corrected chi connectivity index (χ0v) is 12.3. The number of aryl methyl sites for hydroxylation is 2. The van der Waals surface area contributed by atoms with Gasteiger partial charge in [0.1, 0.15) is 11.5 Å². The Morgan fingerprint density at radius 2 is 1.81 bits per heavy atom.